The first kappa shape index (κ1) is 16.0. The Balaban J connectivity index is 1.84. The van der Waals surface area contributed by atoms with Crippen molar-refractivity contribution in [2.24, 2.45) is 7.05 Å². The minimum atomic E-state index is -0.548. The molecule has 1 saturated heterocycles. The average molecular weight is 315 g/mol. The zero-order valence-electron chi connectivity index (χ0n) is 14.1. The van der Waals surface area contributed by atoms with E-state index in [9.17, 15) is 4.79 Å². The lowest BCUT2D eigenvalue weighted by Crippen LogP contribution is -2.47. The maximum atomic E-state index is 12.6. The highest BCUT2D eigenvalue weighted by Gasteiger charge is 2.31. The van der Waals surface area contributed by atoms with Crippen LogP contribution in [0.25, 0.3) is 10.9 Å². The summed E-state index contributed by atoms with van der Waals surface area (Å²) >= 11 is 0. The van der Waals surface area contributed by atoms with Gasteiger partial charge in [-0.3, -0.25) is 9.48 Å². The lowest BCUT2D eigenvalue weighted by molar-refractivity contribution is -0.134. The van der Waals surface area contributed by atoms with E-state index >= 15 is 0 Å². The summed E-state index contributed by atoms with van der Waals surface area (Å²) in [7, 11) is 1.93. The number of aromatic nitrogens is 2. The third-order valence-electron chi connectivity index (χ3n) is 4.51. The fourth-order valence-corrected chi connectivity index (χ4v) is 3.25. The van der Waals surface area contributed by atoms with Gasteiger partial charge in [0, 0.05) is 19.0 Å². The molecule has 1 amide bonds. The maximum Gasteiger partial charge on any atom is 0.249 e. The van der Waals surface area contributed by atoms with Crippen molar-refractivity contribution < 1.29 is 9.53 Å². The van der Waals surface area contributed by atoms with Gasteiger partial charge in [0.05, 0.1) is 16.7 Å². The number of hydrogen-bond acceptors (Lipinski definition) is 3. The fourth-order valence-electron chi connectivity index (χ4n) is 3.25. The first-order valence-corrected chi connectivity index (χ1v) is 8.35. The summed E-state index contributed by atoms with van der Waals surface area (Å²) in [5, 5.41) is 8.85. The van der Waals surface area contributed by atoms with Gasteiger partial charge in [-0.1, -0.05) is 31.0 Å². The molecule has 0 bridgehead atoms. The third-order valence-corrected chi connectivity index (χ3v) is 4.51. The number of aryl methyl sites for hydroxylation is 1. The van der Waals surface area contributed by atoms with E-state index in [1.807, 2.05) is 49.8 Å². The van der Waals surface area contributed by atoms with E-state index in [0.717, 1.165) is 42.3 Å². The summed E-state index contributed by atoms with van der Waals surface area (Å²) in [5.41, 5.74) is 1.40. The van der Waals surface area contributed by atoms with E-state index in [4.69, 9.17) is 4.74 Å². The minimum absolute atomic E-state index is 0.0355. The Hall–Kier alpha value is -1.88. The Kier molecular flexibility index (Phi) is 4.39. The number of carbonyl (C=O) groups excluding carboxylic acids is 1. The summed E-state index contributed by atoms with van der Waals surface area (Å²) in [6.45, 7) is 4.66. The molecule has 0 saturated carbocycles. The molecule has 23 heavy (non-hydrogen) atoms. The molecule has 124 valence electrons. The van der Waals surface area contributed by atoms with Gasteiger partial charge in [0.1, 0.15) is 6.10 Å². The number of hydrogen-bond donors (Lipinski definition) is 1. The van der Waals surface area contributed by atoms with Crippen molar-refractivity contribution in [3.8, 4) is 0 Å². The SMILES string of the molecule is Cn1nc(C(C)(C)NC(=O)C2CCCCCO2)c2ccccc21. The molecule has 1 aliphatic heterocycles. The summed E-state index contributed by atoms with van der Waals surface area (Å²) < 4.78 is 7.56. The first-order valence-electron chi connectivity index (χ1n) is 8.35. The topological polar surface area (TPSA) is 56.2 Å². The zero-order chi connectivity index (χ0) is 16.4. The molecule has 1 aromatic carbocycles. The number of amides is 1. The first-order chi connectivity index (χ1) is 11.0. The molecule has 1 fully saturated rings. The normalized spacial score (nSPS) is 19.5. The van der Waals surface area contributed by atoms with Gasteiger partial charge in [-0.15, -0.1) is 0 Å². The van der Waals surface area contributed by atoms with Crippen LogP contribution in [0.15, 0.2) is 24.3 Å². The number of nitrogens with zero attached hydrogens (tertiary/aromatic N) is 2. The van der Waals surface area contributed by atoms with Crippen molar-refractivity contribution in [1.82, 2.24) is 15.1 Å². The smallest absolute Gasteiger partial charge is 0.249 e. The van der Waals surface area contributed by atoms with Crippen LogP contribution in [0.2, 0.25) is 0 Å². The van der Waals surface area contributed by atoms with Gasteiger partial charge in [-0.05, 0) is 32.8 Å². The maximum absolute atomic E-state index is 12.6. The van der Waals surface area contributed by atoms with Gasteiger partial charge < -0.3 is 10.1 Å². The molecule has 0 radical (unpaired) electrons. The lowest BCUT2D eigenvalue weighted by Gasteiger charge is -2.27. The quantitative estimate of drug-likeness (QED) is 0.947. The van der Waals surface area contributed by atoms with Crippen LogP contribution in [-0.4, -0.2) is 28.4 Å². The number of fused-ring (bicyclic) bond motifs is 1. The van der Waals surface area contributed by atoms with E-state index in [1.165, 1.54) is 0 Å². The summed E-state index contributed by atoms with van der Waals surface area (Å²) in [6, 6.07) is 8.09. The van der Waals surface area contributed by atoms with Gasteiger partial charge in [0.15, 0.2) is 0 Å². The molecule has 1 unspecified atom stereocenters. The zero-order valence-corrected chi connectivity index (χ0v) is 14.1. The summed E-state index contributed by atoms with van der Waals surface area (Å²) in [6.07, 6.45) is 3.68. The number of carbonyl (C=O) groups is 1. The van der Waals surface area contributed by atoms with Crippen molar-refractivity contribution in [1.29, 1.82) is 0 Å². The van der Waals surface area contributed by atoms with Crippen LogP contribution in [0.3, 0.4) is 0 Å². The van der Waals surface area contributed by atoms with Crippen LogP contribution in [0, 0.1) is 0 Å². The molecule has 1 aromatic heterocycles. The van der Waals surface area contributed by atoms with Crippen LogP contribution >= 0.6 is 0 Å². The van der Waals surface area contributed by atoms with Crippen molar-refractivity contribution >= 4 is 16.8 Å². The van der Waals surface area contributed by atoms with Gasteiger partial charge in [0.25, 0.3) is 0 Å². The molecule has 5 heteroatoms. The monoisotopic (exact) mass is 315 g/mol. The number of ether oxygens (including phenoxy) is 1. The van der Waals surface area contributed by atoms with Crippen LogP contribution < -0.4 is 5.32 Å². The molecule has 3 rings (SSSR count). The predicted octanol–water partition coefficient (Wildman–Crippen LogP) is 2.88. The molecule has 0 spiro atoms. The number of benzene rings is 1. The molecule has 0 aliphatic carbocycles. The van der Waals surface area contributed by atoms with Crippen LogP contribution in [0.1, 0.15) is 45.2 Å². The molecular formula is C18H25N3O2. The van der Waals surface area contributed by atoms with Crippen LogP contribution in [0.4, 0.5) is 0 Å². The van der Waals surface area contributed by atoms with E-state index < -0.39 is 5.54 Å². The molecule has 1 atom stereocenters. The second-order valence-electron chi connectivity index (χ2n) is 6.81. The Bertz CT molecular complexity index is 697. The third kappa shape index (κ3) is 3.24. The van der Waals surface area contributed by atoms with Gasteiger partial charge in [-0.25, -0.2) is 0 Å². The number of para-hydroxylation sites is 1. The van der Waals surface area contributed by atoms with Crippen LogP contribution in [-0.2, 0) is 22.1 Å². The highest BCUT2D eigenvalue weighted by atomic mass is 16.5. The highest BCUT2D eigenvalue weighted by Crippen LogP contribution is 2.28. The fraction of sp³-hybridized carbons (Fsp3) is 0.556. The van der Waals surface area contributed by atoms with E-state index in [-0.39, 0.29) is 12.0 Å². The molecular weight excluding hydrogens is 290 g/mol. The van der Waals surface area contributed by atoms with E-state index in [2.05, 4.69) is 10.4 Å². The Morgan fingerprint density at radius 2 is 2.09 bits per heavy atom. The highest BCUT2D eigenvalue weighted by molar-refractivity contribution is 5.85. The summed E-state index contributed by atoms with van der Waals surface area (Å²) in [4.78, 5) is 12.6. The number of rotatable bonds is 3. The molecule has 2 aromatic rings. The van der Waals surface area contributed by atoms with Gasteiger partial charge in [0.2, 0.25) is 5.91 Å². The number of nitrogens with one attached hydrogen (secondary N) is 1. The van der Waals surface area contributed by atoms with Crippen molar-refractivity contribution in [3.05, 3.63) is 30.0 Å². The van der Waals surface area contributed by atoms with E-state index in [1.54, 1.807) is 0 Å². The summed E-state index contributed by atoms with van der Waals surface area (Å²) in [5.74, 6) is -0.0355. The second kappa shape index (κ2) is 6.32. The minimum Gasteiger partial charge on any atom is -0.368 e. The Morgan fingerprint density at radius 1 is 1.30 bits per heavy atom. The molecule has 5 nitrogen and oxygen atoms in total. The Morgan fingerprint density at radius 3 is 2.91 bits per heavy atom. The predicted molar refractivity (Wildman–Crippen MR) is 90.1 cm³/mol. The molecule has 1 N–H and O–H groups in total. The van der Waals surface area contributed by atoms with Crippen LogP contribution in [0.5, 0.6) is 0 Å². The molecule has 2 heterocycles. The van der Waals surface area contributed by atoms with Crippen molar-refractivity contribution in [2.75, 3.05) is 6.61 Å². The van der Waals surface area contributed by atoms with Crippen molar-refractivity contribution in [3.63, 3.8) is 0 Å². The standard InChI is InChI=1S/C18H25N3O2/c1-18(2,19-17(22)15-11-5-4-8-12-23-15)16-13-9-6-7-10-14(13)21(3)20-16/h6-7,9-10,15H,4-5,8,11-12H2,1-3H3,(H,19,22). The average Bonchev–Trinajstić information content (AvgIpc) is 2.72. The van der Waals surface area contributed by atoms with Gasteiger partial charge >= 0.3 is 0 Å². The van der Waals surface area contributed by atoms with E-state index in [0.29, 0.717) is 6.61 Å². The lowest BCUT2D eigenvalue weighted by atomic mass is 9.96. The second-order valence-corrected chi connectivity index (χ2v) is 6.81. The Labute approximate surface area is 137 Å². The molecule has 1 aliphatic rings. The van der Waals surface area contributed by atoms with Gasteiger partial charge in [-0.2, -0.15) is 5.10 Å². The largest absolute Gasteiger partial charge is 0.368 e. The van der Waals surface area contributed by atoms with Crippen molar-refractivity contribution in [2.45, 2.75) is 51.2 Å².